The molecule has 1 saturated heterocycles. The number of amides is 1. The van der Waals surface area contributed by atoms with Gasteiger partial charge in [-0.25, -0.2) is 0 Å². The van der Waals surface area contributed by atoms with Crippen LogP contribution < -0.4 is 4.74 Å². The number of fused-ring (bicyclic) bond motifs is 1. The Balaban J connectivity index is 1.48. The van der Waals surface area contributed by atoms with E-state index < -0.39 is 0 Å². The summed E-state index contributed by atoms with van der Waals surface area (Å²) < 4.78 is 6.10. The van der Waals surface area contributed by atoms with Crippen molar-refractivity contribution in [2.75, 3.05) is 13.1 Å². The smallest absolute Gasteiger partial charge is 0.278 e. The van der Waals surface area contributed by atoms with Crippen LogP contribution in [0.2, 0.25) is 0 Å². The number of likely N-dealkylation sites (tertiary alicyclic amines) is 1. The molecule has 1 amide bonds. The second kappa shape index (κ2) is 7.61. The predicted octanol–water partition coefficient (Wildman–Crippen LogP) is 5.10. The molecule has 4 nitrogen and oxygen atoms in total. The molecule has 0 saturated carbocycles. The fraction of sp³-hybridized carbons (Fsp3) is 0.273. The Bertz CT molecular complexity index is 964. The zero-order valence-corrected chi connectivity index (χ0v) is 16.2. The van der Waals surface area contributed by atoms with E-state index in [9.17, 15) is 4.79 Å². The predicted molar refractivity (Wildman–Crippen MR) is 112 cm³/mol. The lowest BCUT2D eigenvalue weighted by molar-refractivity contribution is 0.119. The summed E-state index contributed by atoms with van der Waals surface area (Å²) in [6.45, 7) is 3.52. The number of benzene rings is 2. The fourth-order valence-electron chi connectivity index (χ4n) is 3.67. The van der Waals surface area contributed by atoms with Gasteiger partial charge in [0.25, 0.3) is 5.24 Å². The summed E-state index contributed by atoms with van der Waals surface area (Å²) in [5.41, 5.74) is 4.57. The highest BCUT2D eigenvalue weighted by molar-refractivity contribution is 7.96. The van der Waals surface area contributed by atoms with E-state index in [1.165, 1.54) is 11.1 Å². The van der Waals surface area contributed by atoms with Crippen LogP contribution in [-0.4, -0.2) is 34.3 Å². The molecule has 1 aromatic heterocycles. The van der Waals surface area contributed by atoms with E-state index in [4.69, 9.17) is 4.74 Å². The molecular weight excluding hydrogens is 356 g/mol. The summed E-state index contributed by atoms with van der Waals surface area (Å²) >= 11 is 3.89. The molecule has 0 N–H and O–H groups in total. The quantitative estimate of drug-likeness (QED) is 0.645. The van der Waals surface area contributed by atoms with E-state index in [0.717, 1.165) is 35.1 Å². The highest BCUT2D eigenvalue weighted by Crippen LogP contribution is 2.30. The normalized spacial score (nSPS) is 15.1. The number of hydrogen-bond acceptors (Lipinski definition) is 3. The van der Waals surface area contributed by atoms with Gasteiger partial charge in [0.15, 0.2) is 0 Å². The number of aromatic nitrogens is 1. The van der Waals surface area contributed by atoms with Crippen LogP contribution in [-0.2, 0) is 0 Å². The summed E-state index contributed by atoms with van der Waals surface area (Å²) in [5.74, 6) is 0.867. The van der Waals surface area contributed by atoms with Crippen molar-refractivity contribution in [2.45, 2.75) is 25.9 Å². The maximum atomic E-state index is 11.3. The van der Waals surface area contributed by atoms with Crippen molar-refractivity contribution in [3.8, 4) is 16.9 Å². The number of nitrogens with zero attached hydrogens (tertiary/aromatic N) is 2. The standard InChI is InChI=1S/C22H22N2O2S/c1-15-20(9-6-17-3-2-12-23-21(15)17)16-4-7-18(8-5-16)26-19-10-13-24(14-11-19)22(25)27/h2-9,12,19H,10-11,13-14H2,1H3,(H,25,27). The minimum Gasteiger partial charge on any atom is -0.490 e. The van der Waals surface area contributed by atoms with Gasteiger partial charge in [-0.1, -0.05) is 43.0 Å². The number of rotatable bonds is 3. The first kappa shape index (κ1) is 17.9. The SMILES string of the molecule is Cc1c(-c2ccc(OC3CCN(C(=O)S)CC3)cc2)ccc2cccnc12. The molecule has 0 bridgehead atoms. The van der Waals surface area contributed by atoms with Crippen molar-refractivity contribution < 1.29 is 9.53 Å². The van der Waals surface area contributed by atoms with Crippen molar-refractivity contribution in [1.29, 1.82) is 0 Å². The van der Waals surface area contributed by atoms with Crippen LogP contribution in [0.25, 0.3) is 22.0 Å². The molecule has 0 radical (unpaired) electrons. The van der Waals surface area contributed by atoms with Gasteiger partial charge in [-0.2, -0.15) is 0 Å². The van der Waals surface area contributed by atoms with Crippen LogP contribution in [0.5, 0.6) is 5.75 Å². The molecule has 138 valence electrons. The van der Waals surface area contributed by atoms with Gasteiger partial charge in [0.1, 0.15) is 11.9 Å². The third-order valence-corrected chi connectivity index (χ3v) is 5.49. The number of thiol groups is 1. The summed E-state index contributed by atoms with van der Waals surface area (Å²) in [6, 6.07) is 16.6. The lowest BCUT2D eigenvalue weighted by atomic mass is 9.98. The summed E-state index contributed by atoms with van der Waals surface area (Å²) in [7, 11) is 0. The second-order valence-electron chi connectivity index (χ2n) is 6.92. The molecule has 0 atom stereocenters. The fourth-order valence-corrected chi connectivity index (χ4v) is 3.87. The topological polar surface area (TPSA) is 42.4 Å². The average Bonchev–Trinajstić information content (AvgIpc) is 2.70. The molecule has 5 heteroatoms. The van der Waals surface area contributed by atoms with Gasteiger partial charge < -0.3 is 9.64 Å². The Kier molecular flexibility index (Phi) is 5.03. The minimum absolute atomic E-state index is 0.145. The zero-order valence-electron chi connectivity index (χ0n) is 15.3. The number of ether oxygens (including phenoxy) is 1. The Labute approximate surface area is 164 Å². The van der Waals surface area contributed by atoms with Gasteiger partial charge in [0.2, 0.25) is 0 Å². The number of hydrogen-bond donors (Lipinski definition) is 1. The molecule has 0 unspecified atom stereocenters. The molecule has 3 aromatic rings. The minimum atomic E-state index is -0.155. The van der Waals surface area contributed by atoms with Crippen molar-refractivity contribution in [1.82, 2.24) is 9.88 Å². The van der Waals surface area contributed by atoms with E-state index in [0.29, 0.717) is 13.1 Å². The van der Waals surface area contributed by atoms with Gasteiger partial charge in [0.05, 0.1) is 5.52 Å². The molecule has 2 aromatic carbocycles. The van der Waals surface area contributed by atoms with Crippen LogP contribution >= 0.6 is 12.6 Å². The van der Waals surface area contributed by atoms with Crippen molar-refractivity contribution >= 4 is 28.8 Å². The maximum absolute atomic E-state index is 11.3. The van der Waals surface area contributed by atoms with Crippen molar-refractivity contribution in [3.05, 3.63) is 60.3 Å². The first-order valence-corrected chi connectivity index (χ1v) is 9.66. The highest BCUT2D eigenvalue weighted by Gasteiger charge is 2.22. The first-order chi connectivity index (χ1) is 13.1. The Morgan fingerprint density at radius 1 is 1.11 bits per heavy atom. The average molecular weight is 378 g/mol. The van der Waals surface area contributed by atoms with Crippen LogP contribution in [0.3, 0.4) is 0 Å². The first-order valence-electron chi connectivity index (χ1n) is 9.21. The van der Waals surface area contributed by atoms with Crippen molar-refractivity contribution in [2.24, 2.45) is 0 Å². The van der Waals surface area contributed by atoms with Crippen LogP contribution in [0.15, 0.2) is 54.7 Å². The molecule has 4 rings (SSSR count). The molecule has 27 heavy (non-hydrogen) atoms. The van der Waals surface area contributed by atoms with Crippen molar-refractivity contribution in [3.63, 3.8) is 0 Å². The van der Waals surface area contributed by atoms with Gasteiger partial charge in [-0.15, -0.1) is 0 Å². The summed E-state index contributed by atoms with van der Waals surface area (Å²) in [6.07, 6.45) is 3.65. The summed E-state index contributed by atoms with van der Waals surface area (Å²) in [4.78, 5) is 17.6. The van der Waals surface area contributed by atoms with Gasteiger partial charge in [-0.3, -0.25) is 9.78 Å². The molecule has 1 aliphatic rings. The molecular formula is C22H22N2O2S. The Morgan fingerprint density at radius 2 is 1.85 bits per heavy atom. The number of pyridine rings is 1. The second-order valence-corrected chi connectivity index (χ2v) is 7.31. The summed E-state index contributed by atoms with van der Waals surface area (Å²) in [5, 5.41) is 1.00. The largest absolute Gasteiger partial charge is 0.490 e. The van der Waals surface area contributed by atoms with Gasteiger partial charge >= 0.3 is 0 Å². The van der Waals surface area contributed by atoms with Gasteiger partial charge in [0, 0.05) is 37.5 Å². The van der Waals surface area contributed by atoms with Crippen LogP contribution in [0, 0.1) is 6.92 Å². The van der Waals surface area contributed by atoms with Gasteiger partial charge in [-0.05, 0) is 41.8 Å². The highest BCUT2D eigenvalue weighted by atomic mass is 32.1. The third kappa shape index (κ3) is 3.78. The van der Waals surface area contributed by atoms with E-state index in [1.807, 2.05) is 24.4 Å². The molecule has 1 fully saturated rings. The molecule has 0 spiro atoms. The lowest BCUT2D eigenvalue weighted by Gasteiger charge is -2.31. The molecule has 0 aliphatic carbocycles. The monoisotopic (exact) mass is 378 g/mol. The number of piperidine rings is 1. The van der Waals surface area contributed by atoms with Crippen LogP contribution in [0.1, 0.15) is 18.4 Å². The zero-order chi connectivity index (χ0) is 18.8. The molecule has 2 heterocycles. The molecule has 1 aliphatic heterocycles. The lowest BCUT2D eigenvalue weighted by Crippen LogP contribution is -2.39. The number of aryl methyl sites for hydroxylation is 1. The third-order valence-electron chi connectivity index (χ3n) is 5.21. The Hall–Kier alpha value is -2.53. The number of carbonyl (C=O) groups is 1. The van der Waals surface area contributed by atoms with E-state index >= 15 is 0 Å². The maximum Gasteiger partial charge on any atom is 0.278 e. The number of carbonyl (C=O) groups excluding carboxylic acids is 1. The van der Waals surface area contributed by atoms with E-state index in [1.54, 1.807) is 4.90 Å². The van der Waals surface area contributed by atoms with Crippen LogP contribution in [0.4, 0.5) is 4.79 Å². The van der Waals surface area contributed by atoms with E-state index in [2.05, 4.69) is 54.9 Å². The Morgan fingerprint density at radius 3 is 2.56 bits per heavy atom. The van der Waals surface area contributed by atoms with E-state index in [-0.39, 0.29) is 11.3 Å².